The number of carbonyl (C=O) groups excluding carboxylic acids is 1. The molecule has 3 aromatic carbocycles. The summed E-state index contributed by atoms with van der Waals surface area (Å²) in [6.45, 7) is 3.29. The molecule has 0 aliphatic heterocycles. The van der Waals surface area contributed by atoms with E-state index in [-0.39, 0.29) is 36.0 Å². The van der Waals surface area contributed by atoms with Gasteiger partial charge in [-0.05, 0) is 72.9 Å². The van der Waals surface area contributed by atoms with E-state index in [1.165, 1.54) is 18.2 Å². The van der Waals surface area contributed by atoms with Crippen LogP contribution in [-0.4, -0.2) is 42.9 Å². The first-order chi connectivity index (χ1) is 20.6. The Kier molecular flexibility index (Phi) is 10.8. The second-order valence-corrected chi connectivity index (χ2v) is 13.0. The lowest BCUT2D eigenvalue weighted by Crippen LogP contribution is -2.43. The second kappa shape index (κ2) is 13.7. The quantitative estimate of drug-likeness (QED) is 0.132. The minimum atomic E-state index is -4.99. The molecule has 5 N–H and O–H groups in total. The van der Waals surface area contributed by atoms with Crippen molar-refractivity contribution in [3.63, 3.8) is 0 Å². The Morgan fingerprint density at radius 2 is 1.47 bits per heavy atom. The van der Waals surface area contributed by atoms with Crippen molar-refractivity contribution < 1.29 is 49.8 Å². The van der Waals surface area contributed by atoms with Gasteiger partial charge in [-0.1, -0.05) is 30.3 Å². The summed E-state index contributed by atoms with van der Waals surface area (Å²) in [6, 6.07) is 12.1. The number of hydrogen-bond acceptors (Lipinski definition) is 6. The molecule has 0 saturated carbocycles. The van der Waals surface area contributed by atoms with Crippen LogP contribution in [0, 0.1) is 0 Å². The highest BCUT2D eigenvalue weighted by atomic mass is 32.2. The van der Waals surface area contributed by atoms with Gasteiger partial charge < -0.3 is 20.8 Å². The molecule has 3 rings (SSSR count). The fourth-order valence-electron chi connectivity index (χ4n) is 4.53. The summed E-state index contributed by atoms with van der Waals surface area (Å²) in [4.78, 5) is 12.5. The largest absolute Gasteiger partial charge is 0.506 e. The SMILES string of the molecule is CC(C)(Cc1cccc(CC(=O)NCc2cc(C(F)(F)F)cc(C(F)(F)F)c2)c1)NC[C@@H](O)c1ccc(O)c(NS(C)(=O)=O)c1. The molecule has 3 aromatic rings. The smallest absolute Gasteiger partial charge is 0.416 e. The summed E-state index contributed by atoms with van der Waals surface area (Å²) < 4.78 is 104. The minimum Gasteiger partial charge on any atom is -0.506 e. The third kappa shape index (κ3) is 11.2. The van der Waals surface area contributed by atoms with E-state index in [9.17, 15) is 49.8 Å². The molecule has 8 nitrogen and oxygen atoms in total. The lowest BCUT2D eigenvalue weighted by atomic mass is 9.93. The van der Waals surface area contributed by atoms with Crippen molar-refractivity contribution in [2.45, 2.75) is 57.2 Å². The molecule has 0 fully saturated rings. The normalized spacial score (nSPS) is 13.4. The number of hydrogen-bond donors (Lipinski definition) is 5. The number of anilines is 1. The van der Waals surface area contributed by atoms with E-state index in [0.29, 0.717) is 29.7 Å². The fraction of sp³-hybridized carbons (Fsp3) is 0.367. The van der Waals surface area contributed by atoms with Crippen molar-refractivity contribution in [1.29, 1.82) is 0 Å². The van der Waals surface area contributed by atoms with Gasteiger partial charge in [-0.2, -0.15) is 26.3 Å². The van der Waals surface area contributed by atoms with E-state index in [0.717, 1.165) is 11.8 Å². The number of β-amino-alcohol motifs (C(OH)–C–C–N with tert-alkyl or cyclic N) is 1. The number of aliphatic hydroxyl groups excluding tert-OH is 1. The molecule has 0 heterocycles. The molecule has 0 saturated heterocycles. The Morgan fingerprint density at radius 3 is 2.04 bits per heavy atom. The van der Waals surface area contributed by atoms with E-state index in [1.807, 2.05) is 19.9 Å². The maximum atomic E-state index is 13.1. The molecular formula is C30H33F6N3O5S. The third-order valence-corrected chi connectivity index (χ3v) is 7.20. The van der Waals surface area contributed by atoms with Gasteiger partial charge in [0, 0.05) is 18.6 Å². The van der Waals surface area contributed by atoms with Gasteiger partial charge in [0.2, 0.25) is 15.9 Å². The predicted octanol–water partition coefficient (Wildman–Crippen LogP) is 5.30. The van der Waals surface area contributed by atoms with Crippen molar-refractivity contribution in [3.05, 3.63) is 94.0 Å². The average molecular weight is 662 g/mol. The number of carbonyl (C=O) groups is 1. The highest BCUT2D eigenvalue weighted by Crippen LogP contribution is 2.36. The minimum absolute atomic E-state index is 0.0244. The molecule has 0 aliphatic carbocycles. The van der Waals surface area contributed by atoms with Crippen LogP contribution in [0.3, 0.4) is 0 Å². The number of aromatic hydroxyl groups is 1. The van der Waals surface area contributed by atoms with Crippen molar-refractivity contribution >= 4 is 21.6 Å². The first-order valence-corrected chi connectivity index (χ1v) is 15.4. The van der Waals surface area contributed by atoms with Crippen molar-refractivity contribution in [2.24, 2.45) is 0 Å². The Balaban J connectivity index is 1.60. The van der Waals surface area contributed by atoms with Crippen molar-refractivity contribution in [3.8, 4) is 5.75 Å². The van der Waals surface area contributed by atoms with Crippen LogP contribution in [-0.2, 0) is 46.6 Å². The standard InChI is InChI=1S/C30H33F6N3O5S/c1-28(2,38-17-26(41)21-7-8-25(40)24(13-21)39-45(3,43)44)15-19-6-4-5-18(9-19)12-27(42)37-16-20-10-22(29(31,32)33)14-23(11-20)30(34,35)36/h4-11,13-14,26,38-41H,12,15-17H2,1-3H3,(H,37,42)/t26-/m1/s1. The molecule has 1 amide bonds. The summed E-state index contributed by atoms with van der Waals surface area (Å²) >= 11 is 0. The molecule has 0 radical (unpaired) electrons. The molecule has 0 bridgehead atoms. The third-order valence-electron chi connectivity index (χ3n) is 6.61. The van der Waals surface area contributed by atoms with Crippen LogP contribution in [0.1, 0.15) is 53.3 Å². The predicted molar refractivity (Wildman–Crippen MR) is 156 cm³/mol. The molecule has 45 heavy (non-hydrogen) atoms. The summed E-state index contributed by atoms with van der Waals surface area (Å²) in [5, 5.41) is 26.2. The highest BCUT2D eigenvalue weighted by molar-refractivity contribution is 7.92. The zero-order chi connectivity index (χ0) is 33.8. The second-order valence-electron chi connectivity index (χ2n) is 11.3. The molecular weight excluding hydrogens is 628 g/mol. The summed E-state index contributed by atoms with van der Waals surface area (Å²) in [6.07, 6.45) is -9.84. The number of amides is 1. The number of aliphatic hydroxyl groups is 1. The zero-order valence-corrected chi connectivity index (χ0v) is 25.3. The first-order valence-electron chi connectivity index (χ1n) is 13.5. The Bertz CT molecular complexity index is 1590. The first kappa shape index (κ1) is 35.7. The number of phenols is 1. The van der Waals surface area contributed by atoms with E-state index >= 15 is 0 Å². The Hall–Kier alpha value is -3.82. The van der Waals surface area contributed by atoms with Gasteiger partial charge in [0.25, 0.3) is 0 Å². The van der Waals surface area contributed by atoms with Crippen LogP contribution in [0.2, 0.25) is 0 Å². The van der Waals surface area contributed by atoms with Crippen LogP contribution in [0.25, 0.3) is 0 Å². The molecule has 246 valence electrons. The highest BCUT2D eigenvalue weighted by Gasteiger charge is 2.37. The van der Waals surface area contributed by atoms with Gasteiger partial charge in [-0.25, -0.2) is 8.42 Å². The van der Waals surface area contributed by atoms with E-state index in [4.69, 9.17) is 0 Å². The molecule has 0 spiro atoms. The Morgan fingerprint density at radius 1 is 0.867 bits per heavy atom. The molecule has 15 heteroatoms. The topological polar surface area (TPSA) is 128 Å². The number of halogens is 6. The van der Waals surface area contributed by atoms with Crippen LogP contribution in [0.15, 0.2) is 60.7 Å². The van der Waals surface area contributed by atoms with Crippen molar-refractivity contribution in [2.75, 3.05) is 17.5 Å². The molecule has 0 aliphatic rings. The van der Waals surface area contributed by atoms with Gasteiger partial charge in [0.15, 0.2) is 0 Å². The number of benzene rings is 3. The van der Waals surface area contributed by atoms with Gasteiger partial charge in [0.05, 0.1) is 35.6 Å². The molecule has 0 unspecified atom stereocenters. The van der Waals surface area contributed by atoms with Crippen LogP contribution in [0.4, 0.5) is 32.0 Å². The maximum absolute atomic E-state index is 13.1. The lowest BCUT2D eigenvalue weighted by molar-refractivity contribution is -0.143. The number of nitrogens with one attached hydrogen (secondary N) is 3. The molecule has 1 atom stereocenters. The van der Waals surface area contributed by atoms with Gasteiger partial charge in [0.1, 0.15) is 5.75 Å². The zero-order valence-electron chi connectivity index (χ0n) is 24.5. The average Bonchev–Trinajstić information content (AvgIpc) is 2.90. The lowest BCUT2D eigenvalue weighted by Gasteiger charge is -2.28. The van der Waals surface area contributed by atoms with E-state index in [1.54, 1.807) is 18.2 Å². The summed E-state index contributed by atoms with van der Waals surface area (Å²) in [5.74, 6) is -0.901. The van der Waals surface area contributed by atoms with E-state index < -0.39 is 57.6 Å². The maximum Gasteiger partial charge on any atom is 0.416 e. The number of rotatable bonds is 12. The van der Waals surface area contributed by atoms with Gasteiger partial charge >= 0.3 is 12.4 Å². The van der Waals surface area contributed by atoms with Crippen molar-refractivity contribution in [1.82, 2.24) is 10.6 Å². The fourth-order valence-corrected chi connectivity index (χ4v) is 5.09. The monoisotopic (exact) mass is 661 g/mol. The van der Waals surface area contributed by atoms with E-state index in [2.05, 4.69) is 15.4 Å². The van der Waals surface area contributed by atoms with Crippen LogP contribution in [0.5, 0.6) is 5.75 Å². The van der Waals surface area contributed by atoms with Crippen LogP contribution < -0.4 is 15.4 Å². The molecule has 0 aromatic heterocycles. The number of phenolic OH excluding ortho intramolecular Hbond substituents is 1. The van der Waals surface area contributed by atoms with Crippen LogP contribution >= 0.6 is 0 Å². The summed E-state index contributed by atoms with van der Waals surface area (Å²) in [7, 11) is -3.66. The summed E-state index contributed by atoms with van der Waals surface area (Å²) in [5.41, 5.74) is -2.19. The van der Waals surface area contributed by atoms with Gasteiger partial charge in [-0.15, -0.1) is 0 Å². The number of sulfonamides is 1. The Labute approximate surface area is 256 Å². The van der Waals surface area contributed by atoms with Gasteiger partial charge in [-0.3, -0.25) is 9.52 Å². The number of alkyl halides is 6.